The summed E-state index contributed by atoms with van der Waals surface area (Å²) < 4.78 is 9.69. The van der Waals surface area contributed by atoms with E-state index in [2.05, 4.69) is 10.6 Å². The van der Waals surface area contributed by atoms with Gasteiger partial charge in [0, 0.05) is 18.4 Å². The molecule has 0 aromatic rings. The van der Waals surface area contributed by atoms with Crippen molar-refractivity contribution in [2.75, 3.05) is 19.8 Å². The summed E-state index contributed by atoms with van der Waals surface area (Å²) in [4.78, 5) is 34.2. The Bertz CT molecular complexity index is 381. The van der Waals surface area contributed by atoms with E-state index in [0.29, 0.717) is 26.2 Å². The summed E-state index contributed by atoms with van der Waals surface area (Å²) >= 11 is 0. The molecule has 7 nitrogen and oxygen atoms in total. The first-order valence-electron chi connectivity index (χ1n) is 6.73. The largest absolute Gasteiger partial charge is 0.466 e. The van der Waals surface area contributed by atoms with E-state index in [1.165, 1.54) is 0 Å². The highest BCUT2D eigenvalue weighted by atomic mass is 16.5. The summed E-state index contributed by atoms with van der Waals surface area (Å²) in [5.74, 6) is -0.702. The van der Waals surface area contributed by atoms with Gasteiger partial charge >= 0.3 is 18.0 Å². The van der Waals surface area contributed by atoms with Gasteiger partial charge < -0.3 is 20.1 Å². The predicted molar refractivity (Wildman–Crippen MR) is 70.9 cm³/mol. The van der Waals surface area contributed by atoms with Crippen molar-refractivity contribution < 1.29 is 23.9 Å². The number of urea groups is 1. The van der Waals surface area contributed by atoms with Gasteiger partial charge in [-0.15, -0.1) is 0 Å². The molecule has 1 aliphatic heterocycles. The van der Waals surface area contributed by atoms with Crippen molar-refractivity contribution in [3.8, 4) is 0 Å². The molecule has 0 bridgehead atoms. The lowest BCUT2D eigenvalue weighted by molar-refractivity contribution is -0.143. The molecular weight excluding hydrogens is 264 g/mol. The topological polar surface area (TPSA) is 93.7 Å². The Labute approximate surface area is 118 Å². The van der Waals surface area contributed by atoms with Gasteiger partial charge in [-0.2, -0.15) is 0 Å². The van der Waals surface area contributed by atoms with Crippen molar-refractivity contribution in [3.05, 3.63) is 0 Å². The van der Waals surface area contributed by atoms with Gasteiger partial charge in [-0.25, -0.2) is 9.59 Å². The highest BCUT2D eigenvalue weighted by molar-refractivity contribution is 5.85. The molecule has 114 valence electrons. The first-order valence-corrected chi connectivity index (χ1v) is 6.73. The third kappa shape index (κ3) is 4.71. The van der Waals surface area contributed by atoms with Gasteiger partial charge in [0.2, 0.25) is 0 Å². The zero-order valence-corrected chi connectivity index (χ0v) is 12.2. The average molecular weight is 286 g/mol. The lowest BCUT2D eigenvalue weighted by Crippen LogP contribution is -2.50. The minimum atomic E-state index is -0.646. The summed E-state index contributed by atoms with van der Waals surface area (Å²) in [7, 11) is 0. The van der Waals surface area contributed by atoms with Gasteiger partial charge in [0.25, 0.3) is 0 Å². The van der Waals surface area contributed by atoms with Crippen molar-refractivity contribution >= 4 is 18.0 Å². The number of hydrogen-bond acceptors (Lipinski definition) is 5. The normalized spacial score (nSPS) is 20.1. The summed E-state index contributed by atoms with van der Waals surface area (Å²) in [6, 6.07) is -1.08. The van der Waals surface area contributed by atoms with E-state index in [4.69, 9.17) is 9.47 Å². The first kappa shape index (κ1) is 16.3. The van der Waals surface area contributed by atoms with Crippen LogP contribution in [0.2, 0.25) is 0 Å². The fourth-order valence-electron chi connectivity index (χ4n) is 1.85. The Morgan fingerprint density at radius 1 is 1.45 bits per heavy atom. The van der Waals surface area contributed by atoms with Gasteiger partial charge in [-0.05, 0) is 13.3 Å². The number of amides is 2. The van der Waals surface area contributed by atoms with Gasteiger partial charge in [0.15, 0.2) is 0 Å². The third-order valence-electron chi connectivity index (χ3n) is 3.03. The maximum absolute atomic E-state index is 11.7. The van der Waals surface area contributed by atoms with Crippen LogP contribution in [0, 0.1) is 5.41 Å². The molecule has 1 unspecified atom stereocenters. The van der Waals surface area contributed by atoms with Gasteiger partial charge in [0.1, 0.15) is 6.04 Å². The molecule has 0 radical (unpaired) electrons. The number of ether oxygens (including phenoxy) is 2. The van der Waals surface area contributed by atoms with E-state index < -0.39 is 23.5 Å². The Hall–Kier alpha value is -1.79. The highest BCUT2D eigenvalue weighted by Crippen LogP contribution is 2.28. The van der Waals surface area contributed by atoms with Crippen LogP contribution in [-0.4, -0.2) is 43.8 Å². The lowest BCUT2D eigenvalue weighted by atomic mass is 9.88. The van der Waals surface area contributed by atoms with Gasteiger partial charge in [-0.1, -0.05) is 13.8 Å². The SMILES string of the molecule is CCOC(=O)CCCNC(=O)NC1C(=O)OCC1(C)C. The van der Waals surface area contributed by atoms with Crippen LogP contribution in [-0.2, 0) is 19.1 Å². The van der Waals surface area contributed by atoms with Crippen molar-refractivity contribution in [2.45, 2.75) is 39.7 Å². The molecule has 2 amide bonds. The molecule has 1 saturated heterocycles. The van der Waals surface area contributed by atoms with Crippen molar-refractivity contribution in [2.24, 2.45) is 5.41 Å². The summed E-state index contributed by atoms with van der Waals surface area (Å²) in [5.41, 5.74) is -0.417. The molecule has 1 fully saturated rings. The van der Waals surface area contributed by atoms with E-state index in [9.17, 15) is 14.4 Å². The number of carbonyl (C=O) groups excluding carboxylic acids is 3. The number of rotatable bonds is 6. The zero-order chi connectivity index (χ0) is 15.2. The van der Waals surface area contributed by atoms with Gasteiger partial charge in [0.05, 0.1) is 13.2 Å². The second kappa shape index (κ2) is 7.12. The number of hydrogen-bond donors (Lipinski definition) is 2. The second-order valence-electron chi connectivity index (χ2n) is 5.34. The van der Waals surface area contributed by atoms with Crippen LogP contribution in [0.5, 0.6) is 0 Å². The van der Waals surface area contributed by atoms with E-state index in [0.717, 1.165) is 0 Å². The maximum atomic E-state index is 11.7. The average Bonchev–Trinajstić information content (AvgIpc) is 2.62. The van der Waals surface area contributed by atoms with Gasteiger partial charge in [-0.3, -0.25) is 4.79 Å². The second-order valence-corrected chi connectivity index (χ2v) is 5.34. The minimum Gasteiger partial charge on any atom is -0.466 e. The number of cyclic esters (lactones) is 1. The first-order chi connectivity index (χ1) is 9.36. The van der Waals surface area contributed by atoms with Crippen LogP contribution < -0.4 is 10.6 Å². The molecule has 1 rings (SSSR count). The molecule has 1 heterocycles. The van der Waals surface area contributed by atoms with E-state index in [1.807, 2.05) is 13.8 Å². The Morgan fingerprint density at radius 3 is 2.70 bits per heavy atom. The van der Waals surface area contributed by atoms with Crippen LogP contribution in [0.1, 0.15) is 33.6 Å². The molecule has 20 heavy (non-hydrogen) atoms. The molecule has 0 aromatic heterocycles. The minimum absolute atomic E-state index is 0.255. The van der Waals surface area contributed by atoms with E-state index in [-0.39, 0.29) is 12.4 Å². The molecule has 0 aromatic carbocycles. The molecule has 1 atom stereocenters. The number of carbonyl (C=O) groups is 3. The van der Waals surface area contributed by atoms with Crippen molar-refractivity contribution in [1.82, 2.24) is 10.6 Å². The maximum Gasteiger partial charge on any atom is 0.329 e. The monoisotopic (exact) mass is 286 g/mol. The smallest absolute Gasteiger partial charge is 0.329 e. The third-order valence-corrected chi connectivity index (χ3v) is 3.03. The van der Waals surface area contributed by atoms with Crippen LogP contribution in [0.25, 0.3) is 0 Å². The molecule has 0 spiro atoms. The molecular formula is C13H22N2O5. The standard InChI is InChI=1S/C13H22N2O5/c1-4-19-9(16)6-5-7-14-12(18)15-10-11(17)20-8-13(10,2)3/h10H,4-8H2,1-3H3,(H2,14,15,18). The zero-order valence-electron chi connectivity index (χ0n) is 12.2. The fourth-order valence-corrected chi connectivity index (χ4v) is 1.85. The molecule has 0 aliphatic carbocycles. The quantitative estimate of drug-likeness (QED) is 0.550. The molecule has 1 aliphatic rings. The fraction of sp³-hybridized carbons (Fsp3) is 0.769. The summed E-state index contributed by atoms with van der Waals surface area (Å²) in [5, 5.41) is 5.19. The summed E-state index contributed by atoms with van der Waals surface area (Å²) in [6.07, 6.45) is 0.746. The van der Waals surface area contributed by atoms with Crippen molar-refractivity contribution in [1.29, 1.82) is 0 Å². The predicted octanol–water partition coefficient (Wildman–Crippen LogP) is 0.581. The molecule has 2 N–H and O–H groups in total. The van der Waals surface area contributed by atoms with E-state index >= 15 is 0 Å². The van der Waals surface area contributed by atoms with E-state index in [1.54, 1.807) is 6.92 Å². The highest BCUT2D eigenvalue weighted by Gasteiger charge is 2.44. The Balaban J connectivity index is 2.24. The Morgan fingerprint density at radius 2 is 2.15 bits per heavy atom. The lowest BCUT2D eigenvalue weighted by Gasteiger charge is -2.22. The Kier molecular flexibility index (Phi) is 5.79. The van der Waals surface area contributed by atoms with Crippen LogP contribution in [0.3, 0.4) is 0 Å². The number of nitrogens with one attached hydrogen (secondary N) is 2. The number of esters is 2. The van der Waals surface area contributed by atoms with Crippen LogP contribution in [0.15, 0.2) is 0 Å². The van der Waals surface area contributed by atoms with Crippen LogP contribution in [0.4, 0.5) is 4.79 Å². The summed E-state index contributed by atoms with van der Waals surface area (Å²) in [6.45, 7) is 6.43. The molecule has 7 heteroatoms. The van der Waals surface area contributed by atoms with Crippen molar-refractivity contribution in [3.63, 3.8) is 0 Å². The van der Waals surface area contributed by atoms with Crippen LogP contribution >= 0.6 is 0 Å². The molecule has 0 saturated carbocycles.